The largest absolute Gasteiger partial charge is 0.349 e. The van der Waals surface area contributed by atoms with Crippen LogP contribution in [0.1, 0.15) is 5.56 Å². The molecule has 96 valence electrons. The van der Waals surface area contributed by atoms with Crippen molar-refractivity contribution < 1.29 is 13.8 Å². The number of hydrogen-bond acceptors (Lipinski definition) is 2. The molecule has 6 nitrogen and oxygen atoms in total. The molecule has 2 rings (SSSR count). The van der Waals surface area contributed by atoms with Gasteiger partial charge in [-0.1, -0.05) is 6.07 Å². The van der Waals surface area contributed by atoms with Crippen molar-refractivity contribution in [1.29, 1.82) is 0 Å². The zero-order valence-corrected chi connectivity index (χ0v) is 9.27. The van der Waals surface area contributed by atoms with Gasteiger partial charge in [0.2, 0.25) is 0 Å². The highest BCUT2D eigenvalue weighted by atomic mass is 19.2. The van der Waals surface area contributed by atoms with E-state index in [1.807, 2.05) is 0 Å². The van der Waals surface area contributed by atoms with Crippen molar-refractivity contribution in [1.82, 2.24) is 10.2 Å². The van der Waals surface area contributed by atoms with Crippen LogP contribution in [0.15, 0.2) is 23.3 Å². The molecule has 1 aliphatic rings. The number of nitro groups is 1. The maximum absolute atomic E-state index is 13.0. The molecular formula is C10H10F2N4O2. The molecule has 1 N–H and O–H groups in total. The highest BCUT2D eigenvalue weighted by Gasteiger charge is 2.21. The van der Waals surface area contributed by atoms with Crippen LogP contribution in [0.3, 0.4) is 0 Å². The molecule has 0 amide bonds. The lowest BCUT2D eigenvalue weighted by Gasteiger charge is -2.15. The average Bonchev–Trinajstić information content (AvgIpc) is 2.70. The van der Waals surface area contributed by atoms with Crippen molar-refractivity contribution in [3.05, 3.63) is 45.5 Å². The molecule has 1 aromatic carbocycles. The van der Waals surface area contributed by atoms with E-state index in [1.54, 1.807) is 4.90 Å². The Morgan fingerprint density at radius 1 is 1.44 bits per heavy atom. The van der Waals surface area contributed by atoms with E-state index in [1.165, 1.54) is 6.07 Å². The Kier molecular flexibility index (Phi) is 3.35. The first-order valence-electron chi connectivity index (χ1n) is 5.22. The zero-order chi connectivity index (χ0) is 13.1. The minimum Gasteiger partial charge on any atom is -0.349 e. The lowest BCUT2D eigenvalue weighted by molar-refractivity contribution is -0.485. The van der Waals surface area contributed by atoms with E-state index < -0.39 is 16.7 Å². The second-order valence-electron chi connectivity index (χ2n) is 3.76. The van der Waals surface area contributed by atoms with E-state index in [0.29, 0.717) is 18.7 Å². The maximum Gasteiger partial charge on any atom is 0.271 e. The topological polar surface area (TPSA) is 70.8 Å². The van der Waals surface area contributed by atoms with E-state index >= 15 is 0 Å². The van der Waals surface area contributed by atoms with Crippen LogP contribution in [0.2, 0.25) is 0 Å². The van der Waals surface area contributed by atoms with Crippen LogP contribution in [0.25, 0.3) is 0 Å². The van der Waals surface area contributed by atoms with Gasteiger partial charge in [0.05, 0.1) is 0 Å². The molecule has 0 unspecified atom stereocenters. The molecular weight excluding hydrogens is 246 g/mol. The fourth-order valence-electron chi connectivity index (χ4n) is 1.71. The Balaban J connectivity index is 2.13. The van der Waals surface area contributed by atoms with Crippen LogP contribution in [-0.4, -0.2) is 29.0 Å². The molecule has 8 heteroatoms. The third-order valence-corrected chi connectivity index (χ3v) is 2.50. The SMILES string of the molecule is O=[N+]([O-])/N=C1\NCCN1Cc1ccc(F)c(F)c1. The third-order valence-electron chi connectivity index (χ3n) is 2.50. The second-order valence-corrected chi connectivity index (χ2v) is 3.76. The first kappa shape index (κ1) is 12.2. The highest BCUT2D eigenvalue weighted by molar-refractivity contribution is 5.81. The van der Waals surface area contributed by atoms with Crippen molar-refractivity contribution in [2.45, 2.75) is 6.54 Å². The molecule has 0 spiro atoms. The predicted octanol–water partition coefficient (Wildman–Crippen LogP) is 0.918. The molecule has 1 fully saturated rings. The molecule has 1 aliphatic heterocycles. The molecule has 0 bridgehead atoms. The lowest BCUT2D eigenvalue weighted by Crippen LogP contribution is -2.30. The smallest absolute Gasteiger partial charge is 0.271 e. The molecule has 0 radical (unpaired) electrons. The molecule has 1 aromatic rings. The summed E-state index contributed by atoms with van der Waals surface area (Å²) in [5, 5.41) is 15.4. The molecule has 1 heterocycles. The van der Waals surface area contributed by atoms with Crippen molar-refractivity contribution >= 4 is 5.96 Å². The second kappa shape index (κ2) is 4.94. The van der Waals surface area contributed by atoms with Crippen molar-refractivity contribution in [2.24, 2.45) is 5.10 Å². The van der Waals surface area contributed by atoms with Gasteiger partial charge < -0.3 is 10.2 Å². The Morgan fingerprint density at radius 2 is 2.22 bits per heavy atom. The monoisotopic (exact) mass is 256 g/mol. The standard InChI is InChI=1S/C10H10F2N4O2/c11-8-2-1-7(5-9(8)12)6-15-4-3-13-10(15)14-16(17)18/h1-2,5H,3-4,6H2,(H,13,14). The predicted molar refractivity (Wildman–Crippen MR) is 59.2 cm³/mol. The van der Waals surface area contributed by atoms with Crippen molar-refractivity contribution in [3.63, 3.8) is 0 Å². The lowest BCUT2D eigenvalue weighted by atomic mass is 10.2. The van der Waals surface area contributed by atoms with Crippen LogP contribution < -0.4 is 5.32 Å². The zero-order valence-electron chi connectivity index (χ0n) is 9.27. The van der Waals surface area contributed by atoms with Gasteiger partial charge in [0, 0.05) is 19.6 Å². The van der Waals surface area contributed by atoms with E-state index in [-0.39, 0.29) is 12.5 Å². The van der Waals surface area contributed by atoms with Crippen LogP contribution in [0.5, 0.6) is 0 Å². The summed E-state index contributed by atoms with van der Waals surface area (Å²) in [7, 11) is 0. The minimum absolute atomic E-state index is 0.129. The van der Waals surface area contributed by atoms with E-state index in [9.17, 15) is 18.9 Å². The fourth-order valence-corrected chi connectivity index (χ4v) is 1.71. The molecule has 0 aromatic heterocycles. The average molecular weight is 256 g/mol. The molecule has 18 heavy (non-hydrogen) atoms. The van der Waals surface area contributed by atoms with Gasteiger partial charge in [-0.15, -0.1) is 0 Å². The van der Waals surface area contributed by atoms with E-state index in [4.69, 9.17) is 0 Å². The van der Waals surface area contributed by atoms with Gasteiger partial charge in [0.15, 0.2) is 16.7 Å². The first-order chi connectivity index (χ1) is 8.56. The van der Waals surface area contributed by atoms with E-state index in [2.05, 4.69) is 10.4 Å². The van der Waals surface area contributed by atoms with Gasteiger partial charge in [-0.2, -0.15) is 0 Å². The van der Waals surface area contributed by atoms with Crippen LogP contribution in [0.4, 0.5) is 8.78 Å². The molecule has 1 saturated heterocycles. The Hall–Kier alpha value is -2.25. The molecule has 0 atom stereocenters. The van der Waals surface area contributed by atoms with Crippen molar-refractivity contribution in [2.75, 3.05) is 13.1 Å². The number of halogens is 2. The molecule has 0 aliphatic carbocycles. The number of nitrogens with one attached hydrogen (secondary N) is 1. The number of benzene rings is 1. The van der Waals surface area contributed by atoms with E-state index in [0.717, 1.165) is 12.1 Å². The molecule has 0 saturated carbocycles. The summed E-state index contributed by atoms with van der Waals surface area (Å²) in [6.07, 6.45) is 0. The summed E-state index contributed by atoms with van der Waals surface area (Å²) in [6, 6.07) is 3.52. The van der Waals surface area contributed by atoms with Gasteiger partial charge in [-0.25, -0.2) is 18.9 Å². The minimum atomic E-state index is -0.938. The van der Waals surface area contributed by atoms with Crippen molar-refractivity contribution in [3.8, 4) is 0 Å². The Bertz CT molecular complexity index is 507. The van der Waals surface area contributed by atoms with Gasteiger partial charge >= 0.3 is 0 Å². The Morgan fingerprint density at radius 3 is 2.89 bits per heavy atom. The summed E-state index contributed by atoms with van der Waals surface area (Å²) in [5.41, 5.74) is 0.522. The summed E-state index contributed by atoms with van der Waals surface area (Å²) in [6.45, 7) is 1.28. The van der Waals surface area contributed by atoms with Crippen LogP contribution in [0, 0.1) is 21.7 Å². The van der Waals surface area contributed by atoms with Gasteiger partial charge in [0.1, 0.15) is 5.10 Å². The van der Waals surface area contributed by atoms with Gasteiger partial charge in [-0.3, -0.25) is 0 Å². The number of rotatable bonds is 3. The highest BCUT2D eigenvalue weighted by Crippen LogP contribution is 2.12. The quantitative estimate of drug-likeness (QED) is 0.644. The number of guanidine groups is 1. The normalized spacial score (nSPS) is 17.0. The number of nitrogens with zero attached hydrogens (tertiary/aromatic N) is 3. The summed E-state index contributed by atoms with van der Waals surface area (Å²) < 4.78 is 25.8. The van der Waals surface area contributed by atoms with Gasteiger partial charge in [0.25, 0.3) is 5.96 Å². The number of hydrogen-bond donors (Lipinski definition) is 1. The fraction of sp³-hybridized carbons (Fsp3) is 0.300. The summed E-state index contributed by atoms with van der Waals surface area (Å²) in [5.74, 6) is -1.73. The van der Waals surface area contributed by atoms with Crippen LogP contribution in [-0.2, 0) is 6.54 Å². The maximum atomic E-state index is 13.0. The Labute approximate surface area is 101 Å². The van der Waals surface area contributed by atoms with Gasteiger partial charge in [-0.05, 0) is 17.7 Å². The first-order valence-corrected chi connectivity index (χ1v) is 5.22. The van der Waals surface area contributed by atoms with Crippen LogP contribution >= 0.6 is 0 Å². The summed E-state index contributed by atoms with van der Waals surface area (Å²) >= 11 is 0. The number of hydrazone groups is 1. The third kappa shape index (κ3) is 2.70. The summed E-state index contributed by atoms with van der Waals surface area (Å²) in [4.78, 5) is 11.9.